The first-order valence-corrected chi connectivity index (χ1v) is 8.33. The lowest BCUT2D eigenvalue weighted by Gasteiger charge is -2.17. The number of fused-ring (bicyclic) bond motifs is 1. The molecule has 0 aromatic heterocycles. The summed E-state index contributed by atoms with van der Waals surface area (Å²) in [4.78, 5) is 0. The molecular formula is C20H24O4. The number of methoxy groups -OCH3 is 2. The Hall–Kier alpha value is -2.36. The number of phenolic OH excluding ortho intramolecular Hbond substituents is 1. The minimum absolute atomic E-state index is 0.101. The van der Waals surface area contributed by atoms with E-state index in [1.54, 1.807) is 20.3 Å². The van der Waals surface area contributed by atoms with Crippen molar-refractivity contribution in [2.24, 2.45) is 0 Å². The summed E-state index contributed by atoms with van der Waals surface area (Å²) >= 11 is 0. The maximum absolute atomic E-state index is 10.2. The quantitative estimate of drug-likeness (QED) is 0.871. The molecular weight excluding hydrogens is 304 g/mol. The zero-order valence-electron chi connectivity index (χ0n) is 14.6. The van der Waals surface area contributed by atoms with E-state index in [1.165, 1.54) is 0 Å². The highest BCUT2D eigenvalue weighted by Crippen LogP contribution is 2.48. The van der Waals surface area contributed by atoms with Crippen LogP contribution in [0.3, 0.4) is 0 Å². The monoisotopic (exact) mass is 328 g/mol. The van der Waals surface area contributed by atoms with Crippen LogP contribution in [0.5, 0.6) is 23.0 Å². The molecule has 0 unspecified atom stereocenters. The van der Waals surface area contributed by atoms with Gasteiger partial charge in [0.15, 0.2) is 11.5 Å². The second kappa shape index (κ2) is 6.63. The molecule has 1 aliphatic heterocycles. The Bertz CT molecular complexity index is 739. The summed E-state index contributed by atoms with van der Waals surface area (Å²) in [5.41, 5.74) is 3.17. The van der Waals surface area contributed by atoms with Crippen LogP contribution in [0.2, 0.25) is 0 Å². The van der Waals surface area contributed by atoms with Crippen LogP contribution in [0, 0.1) is 0 Å². The summed E-state index contributed by atoms with van der Waals surface area (Å²) in [5.74, 6) is 2.67. The summed E-state index contributed by atoms with van der Waals surface area (Å²) < 4.78 is 16.8. The van der Waals surface area contributed by atoms with E-state index in [1.807, 2.05) is 18.2 Å². The molecule has 0 aliphatic carbocycles. The summed E-state index contributed by atoms with van der Waals surface area (Å²) in [5, 5.41) is 10.2. The third-order valence-electron chi connectivity index (χ3n) is 4.67. The Morgan fingerprint density at radius 2 is 1.83 bits per heavy atom. The molecule has 1 aliphatic rings. The average molecular weight is 328 g/mol. The van der Waals surface area contributed by atoms with E-state index >= 15 is 0 Å². The molecule has 1 N–H and O–H groups in total. The van der Waals surface area contributed by atoms with Gasteiger partial charge in [-0.3, -0.25) is 0 Å². The number of rotatable bonds is 5. The van der Waals surface area contributed by atoms with E-state index in [-0.39, 0.29) is 12.0 Å². The van der Waals surface area contributed by atoms with E-state index in [0.29, 0.717) is 17.2 Å². The lowest BCUT2D eigenvalue weighted by molar-refractivity contribution is 0.214. The second-order valence-corrected chi connectivity index (χ2v) is 6.21. The fourth-order valence-electron chi connectivity index (χ4n) is 3.35. The highest BCUT2D eigenvalue weighted by molar-refractivity contribution is 5.52. The Morgan fingerprint density at radius 3 is 2.50 bits per heavy atom. The molecule has 2 aromatic carbocycles. The fraction of sp³-hybridized carbons (Fsp3) is 0.400. The molecule has 0 radical (unpaired) electrons. The number of phenols is 1. The summed E-state index contributed by atoms with van der Waals surface area (Å²) in [6.07, 6.45) is 1.77. The smallest absolute Gasteiger partial charge is 0.161 e. The van der Waals surface area contributed by atoms with Gasteiger partial charge in [-0.05, 0) is 35.7 Å². The van der Waals surface area contributed by atoms with Crippen LogP contribution >= 0.6 is 0 Å². The van der Waals surface area contributed by atoms with Gasteiger partial charge in [-0.2, -0.15) is 0 Å². The van der Waals surface area contributed by atoms with Gasteiger partial charge >= 0.3 is 0 Å². The van der Waals surface area contributed by atoms with E-state index in [2.05, 4.69) is 19.9 Å². The molecule has 1 heterocycles. The number of aromatic hydroxyl groups is 1. The van der Waals surface area contributed by atoms with Crippen molar-refractivity contribution in [1.82, 2.24) is 0 Å². The predicted octanol–water partition coefficient (Wildman–Crippen LogP) is 4.60. The van der Waals surface area contributed by atoms with Gasteiger partial charge in [-0.25, -0.2) is 0 Å². The van der Waals surface area contributed by atoms with Crippen LogP contribution in [-0.4, -0.2) is 19.3 Å². The van der Waals surface area contributed by atoms with E-state index in [4.69, 9.17) is 14.2 Å². The molecule has 3 rings (SSSR count). The molecule has 24 heavy (non-hydrogen) atoms. The normalized spacial score (nSPS) is 18.8. The molecule has 0 saturated carbocycles. The number of hydrogen-bond donors (Lipinski definition) is 1. The molecule has 0 spiro atoms. The van der Waals surface area contributed by atoms with E-state index < -0.39 is 0 Å². The number of aryl methyl sites for hydroxylation is 1. The highest BCUT2D eigenvalue weighted by atomic mass is 16.5. The van der Waals surface area contributed by atoms with Gasteiger partial charge in [0, 0.05) is 17.5 Å². The van der Waals surface area contributed by atoms with Crippen LogP contribution in [0.4, 0.5) is 0 Å². The van der Waals surface area contributed by atoms with Crippen LogP contribution in [0.1, 0.15) is 49.0 Å². The highest BCUT2D eigenvalue weighted by Gasteiger charge is 2.33. The molecule has 0 bridgehead atoms. The van der Waals surface area contributed by atoms with Crippen molar-refractivity contribution in [2.45, 2.75) is 38.7 Å². The van der Waals surface area contributed by atoms with Gasteiger partial charge in [0.25, 0.3) is 0 Å². The zero-order chi connectivity index (χ0) is 17.3. The first-order valence-electron chi connectivity index (χ1n) is 8.33. The lowest BCUT2D eigenvalue weighted by Crippen LogP contribution is -2.07. The first kappa shape index (κ1) is 16.5. The summed E-state index contributed by atoms with van der Waals surface area (Å²) in [7, 11) is 3.25. The van der Waals surface area contributed by atoms with Crippen molar-refractivity contribution in [3.63, 3.8) is 0 Å². The predicted molar refractivity (Wildman–Crippen MR) is 93.4 cm³/mol. The van der Waals surface area contributed by atoms with Crippen LogP contribution in [0.25, 0.3) is 0 Å². The van der Waals surface area contributed by atoms with Gasteiger partial charge in [-0.15, -0.1) is 0 Å². The molecule has 4 nitrogen and oxygen atoms in total. The van der Waals surface area contributed by atoms with Crippen LogP contribution in [-0.2, 0) is 6.42 Å². The Labute approximate surface area is 143 Å². The second-order valence-electron chi connectivity index (χ2n) is 6.21. The average Bonchev–Trinajstić information content (AvgIpc) is 2.91. The molecule has 2 aromatic rings. The first-order chi connectivity index (χ1) is 11.6. The Morgan fingerprint density at radius 1 is 1.08 bits per heavy atom. The molecule has 0 saturated heterocycles. The minimum Gasteiger partial charge on any atom is -0.508 e. The molecule has 2 atom stereocenters. The Kier molecular flexibility index (Phi) is 4.56. The maximum Gasteiger partial charge on any atom is 0.161 e. The van der Waals surface area contributed by atoms with Crippen molar-refractivity contribution in [3.05, 3.63) is 47.0 Å². The van der Waals surface area contributed by atoms with Crippen LogP contribution in [0.15, 0.2) is 30.3 Å². The summed E-state index contributed by atoms with van der Waals surface area (Å²) in [6, 6.07) is 9.68. The molecule has 0 fully saturated rings. The van der Waals surface area contributed by atoms with Gasteiger partial charge in [0.2, 0.25) is 0 Å². The van der Waals surface area contributed by atoms with Gasteiger partial charge < -0.3 is 19.3 Å². The number of hydrogen-bond acceptors (Lipinski definition) is 4. The van der Waals surface area contributed by atoms with Gasteiger partial charge in [0.1, 0.15) is 17.6 Å². The topological polar surface area (TPSA) is 47.9 Å². The Balaban J connectivity index is 1.94. The fourth-order valence-corrected chi connectivity index (χ4v) is 3.35. The molecule has 4 heteroatoms. The summed E-state index contributed by atoms with van der Waals surface area (Å²) in [6.45, 7) is 4.26. The van der Waals surface area contributed by atoms with E-state index in [0.717, 1.165) is 35.3 Å². The molecule has 0 amide bonds. The van der Waals surface area contributed by atoms with Crippen molar-refractivity contribution in [3.8, 4) is 23.0 Å². The standard InChI is InChI=1S/C20H24O4/c1-5-6-13-9-15-12(2)20(24-18(15)11-16(13)21)14-7-8-17(22-3)19(10-14)23-4/h7-12,20-21H,5-6H2,1-4H3/t12-,20-/m0/s1. The minimum atomic E-state index is -0.101. The van der Waals surface area contributed by atoms with Crippen molar-refractivity contribution < 1.29 is 19.3 Å². The SMILES string of the molecule is CCCc1cc2c(cc1O)O[C@H](c1ccc(OC)c(OC)c1)[C@H]2C. The van der Waals surface area contributed by atoms with Crippen molar-refractivity contribution in [2.75, 3.05) is 14.2 Å². The molecule has 128 valence electrons. The lowest BCUT2D eigenvalue weighted by atomic mass is 9.91. The largest absolute Gasteiger partial charge is 0.508 e. The van der Waals surface area contributed by atoms with Gasteiger partial charge in [-0.1, -0.05) is 26.3 Å². The van der Waals surface area contributed by atoms with Crippen LogP contribution < -0.4 is 14.2 Å². The van der Waals surface area contributed by atoms with Gasteiger partial charge in [0.05, 0.1) is 14.2 Å². The number of ether oxygens (including phenoxy) is 3. The third-order valence-corrected chi connectivity index (χ3v) is 4.67. The number of benzene rings is 2. The third kappa shape index (κ3) is 2.77. The maximum atomic E-state index is 10.2. The van der Waals surface area contributed by atoms with E-state index in [9.17, 15) is 5.11 Å². The zero-order valence-corrected chi connectivity index (χ0v) is 14.6. The van der Waals surface area contributed by atoms with Crippen molar-refractivity contribution in [1.29, 1.82) is 0 Å². The van der Waals surface area contributed by atoms with Crippen molar-refractivity contribution >= 4 is 0 Å².